The van der Waals surface area contributed by atoms with Gasteiger partial charge in [-0.15, -0.1) is 11.6 Å². The number of hydrogen-bond acceptors (Lipinski definition) is 3. The van der Waals surface area contributed by atoms with Gasteiger partial charge in [-0.25, -0.2) is 4.98 Å². The summed E-state index contributed by atoms with van der Waals surface area (Å²) in [5, 5.41) is 3.51. The molecule has 96 valence electrons. The second kappa shape index (κ2) is 6.82. The molecule has 0 aliphatic carbocycles. The normalized spacial score (nSPS) is 14.4. The number of alkyl halides is 1. The van der Waals surface area contributed by atoms with E-state index in [0.717, 1.165) is 25.1 Å². The number of nitrogens with one attached hydrogen (secondary N) is 1. The number of halogens is 1. The van der Waals surface area contributed by atoms with Crippen LogP contribution in [0.1, 0.15) is 32.4 Å². The van der Waals surface area contributed by atoms with Gasteiger partial charge in [0.2, 0.25) is 5.88 Å². The van der Waals surface area contributed by atoms with Gasteiger partial charge < -0.3 is 10.1 Å². The predicted molar refractivity (Wildman–Crippen MR) is 71.7 cm³/mol. The van der Waals surface area contributed by atoms with Gasteiger partial charge in [0.25, 0.3) is 0 Å². The van der Waals surface area contributed by atoms with Crippen molar-refractivity contribution in [1.82, 2.24) is 10.3 Å². The fourth-order valence-electron chi connectivity index (χ4n) is 1.57. The van der Waals surface area contributed by atoms with Gasteiger partial charge in [0, 0.05) is 24.0 Å². The molecule has 0 amide bonds. The van der Waals surface area contributed by atoms with E-state index in [2.05, 4.69) is 24.1 Å². The fraction of sp³-hybridized carbons (Fsp3) is 0.615. The van der Waals surface area contributed by atoms with Crippen molar-refractivity contribution in [2.24, 2.45) is 0 Å². The number of pyridine rings is 1. The average molecular weight is 257 g/mol. The molecule has 0 radical (unpaired) electrons. The predicted octanol–water partition coefficient (Wildman–Crippen LogP) is 2.98. The van der Waals surface area contributed by atoms with E-state index in [4.69, 9.17) is 16.3 Å². The molecule has 0 fully saturated rings. The smallest absolute Gasteiger partial charge is 0.213 e. The molecule has 0 saturated heterocycles. The Balaban J connectivity index is 2.59. The van der Waals surface area contributed by atoms with Gasteiger partial charge >= 0.3 is 0 Å². The van der Waals surface area contributed by atoms with E-state index in [9.17, 15) is 0 Å². The first kappa shape index (κ1) is 14.3. The van der Waals surface area contributed by atoms with Crippen molar-refractivity contribution >= 4 is 11.6 Å². The lowest BCUT2D eigenvalue weighted by Gasteiger charge is -2.29. The lowest BCUT2D eigenvalue weighted by molar-refractivity contribution is 0.327. The Morgan fingerprint density at radius 1 is 1.47 bits per heavy atom. The Morgan fingerprint density at radius 2 is 2.24 bits per heavy atom. The fourth-order valence-corrected chi connectivity index (χ4v) is 1.99. The zero-order valence-electron chi connectivity index (χ0n) is 10.8. The summed E-state index contributed by atoms with van der Waals surface area (Å²) in [6.07, 6.45) is 2.00. The standard InChI is InChI=1S/C13H21ClN2O/c1-4-13(2,8-9-14)15-10-11-6-5-7-12(16-11)17-3/h5-7,15H,4,8-10H2,1-3H3. The first-order valence-electron chi connectivity index (χ1n) is 5.94. The molecular weight excluding hydrogens is 236 g/mol. The van der Waals surface area contributed by atoms with E-state index in [-0.39, 0.29) is 5.54 Å². The van der Waals surface area contributed by atoms with E-state index in [0.29, 0.717) is 11.8 Å². The van der Waals surface area contributed by atoms with Crippen LogP contribution in [0.5, 0.6) is 5.88 Å². The van der Waals surface area contributed by atoms with Crippen molar-refractivity contribution in [2.75, 3.05) is 13.0 Å². The van der Waals surface area contributed by atoms with Crippen molar-refractivity contribution in [2.45, 2.75) is 38.8 Å². The lowest BCUT2D eigenvalue weighted by atomic mass is 9.95. The largest absolute Gasteiger partial charge is 0.481 e. The van der Waals surface area contributed by atoms with Crippen LogP contribution in [0.3, 0.4) is 0 Å². The highest BCUT2D eigenvalue weighted by Gasteiger charge is 2.20. The summed E-state index contributed by atoms with van der Waals surface area (Å²) in [5.74, 6) is 1.32. The molecule has 0 aliphatic heterocycles. The molecule has 1 aromatic heterocycles. The third-order valence-corrected chi connectivity index (χ3v) is 3.30. The van der Waals surface area contributed by atoms with Crippen molar-refractivity contribution in [3.8, 4) is 5.88 Å². The third kappa shape index (κ3) is 4.52. The summed E-state index contributed by atoms with van der Waals surface area (Å²) >= 11 is 5.82. The number of nitrogens with zero attached hydrogens (tertiary/aromatic N) is 1. The molecule has 1 rings (SSSR count). The molecule has 1 atom stereocenters. The maximum absolute atomic E-state index is 5.82. The van der Waals surface area contributed by atoms with Gasteiger partial charge in [-0.3, -0.25) is 0 Å². The zero-order chi connectivity index (χ0) is 12.7. The first-order valence-corrected chi connectivity index (χ1v) is 6.48. The summed E-state index contributed by atoms with van der Waals surface area (Å²) in [7, 11) is 1.63. The summed E-state index contributed by atoms with van der Waals surface area (Å²) < 4.78 is 5.10. The minimum atomic E-state index is 0.0759. The molecule has 1 unspecified atom stereocenters. The topological polar surface area (TPSA) is 34.1 Å². The summed E-state index contributed by atoms with van der Waals surface area (Å²) in [6.45, 7) is 5.09. The van der Waals surface area contributed by atoms with Crippen molar-refractivity contribution in [3.63, 3.8) is 0 Å². The van der Waals surface area contributed by atoms with Crippen LogP contribution in [0.2, 0.25) is 0 Å². The van der Waals surface area contributed by atoms with Gasteiger partial charge in [0.05, 0.1) is 12.8 Å². The molecule has 17 heavy (non-hydrogen) atoms. The molecule has 3 nitrogen and oxygen atoms in total. The van der Waals surface area contributed by atoms with E-state index < -0.39 is 0 Å². The maximum Gasteiger partial charge on any atom is 0.213 e. The van der Waals surface area contributed by atoms with Crippen molar-refractivity contribution < 1.29 is 4.74 Å². The number of methoxy groups -OCH3 is 1. The van der Waals surface area contributed by atoms with Crippen LogP contribution in [0, 0.1) is 0 Å². The Hall–Kier alpha value is -0.800. The molecule has 1 aromatic rings. The highest BCUT2D eigenvalue weighted by atomic mass is 35.5. The van der Waals surface area contributed by atoms with Crippen LogP contribution in [-0.4, -0.2) is 23.5 Å². The van der Waals surface area contributed by atoms with Crippen LogP contribution < -0.4 is 10.1 Å². The SMILES string of the molecule is CCC(C)(CCCl)NCc1cccc(OC)n1. The van der Waals surface area contributed by atoms with Crippen LogP contribution in [0.15, 0.2) is 18.2 Å². The number of ether oxygens (including phenoxy) is 1. The molecule has 0 aromatic carbocycles. The molecule has 0 spiro atoms. The van der Waals surface area contributed by atoms with E-state index in [1.54, 1.807) is 7.11 Å². The van der Waals surface area contributed by atoms with Crippen LogP contribution in [0.4, 0.5) is 0 Å². The van der Waals surface area contributed by atoms with Crippen LogP contribution in [-0.2, 0) is 6.54 Å². The number of rotatable bonds is 7. The van der Waals surface area contributed by atoms with E-state index in [1.807, 2.05) is 18.2 Å². The zero-order valence-corrected chi connectivity index (χ0v) is 11.5. The Labute approximate surface area is 109 Å². The molecule has 0 bridgehead atoms. The molecule has 1 N–H and O–H groups in total. The Bertz CT molecular complexity index is 346. The van der Waals surface area contributed by atoms with Crippen molar-refractivity contribution in [1.29, 1.82) is 0 Å². The van der Waals surface area contributed by atoms with Gasteiger partial charge in [-0.05, 0) is 25.8 Å². The third-order valence-electron chi connectivity index (χ3n) is 3.11. The quantitative estimate of drug-likeness (QED) is 0.762. The van der Waals surface area contributed by atoms with Crippen LogP contribution >= 0.6 is 11.6 Å². The van der Waals surface area contributed by atoms with Gasteiger partial charge in [0.15, 0.2) is 0 Å². The number of hydrogen-bond donors (Lipinski definition) is 1. The minimum absolute atomic E-state index is 0.0759. The molecule has 1 heterocycles. The molecule has 4 heteroatoms. The van der Waals surface area contributed by atoms with E-state index in [1.165, 1.54) is 0 Å². The Kier molecular flexibility index (Phi) is 5.72. The molecular formula is C13H21ClN2O. The van der Waals surface area contributed by atoms with Gasteiger partial charge in [-0.1, -0.05) is 13.0 Å². The van der Waals surface area contributed by atoms with Crippen molar-refractivity contribution in [3.05, 3.63) is 23.9 Å². The second-order valence-electron chi connectivity index (χ2n) is 4.38. The summed E-state index contributed by atoms with van der Waals surface area (Å²) in [6, 6.07) is 5.79. The van der Waals surface area contributed by atoms with Gasteiger partial charge in [-0.2, -0.15) is 0 Å². The lowest BCUT2D eigenvalue weighted by Crippen LogP contribution is -2.41. The monoisotopic (exact) mass is 256 g/mol. The average Bonchev–Trinajstić information content (AvgIpc) is 2.37. The highest BCUT2D eigenvalue weighted by Crippen LogP contribution is 2.16. The minimum Gasteiger partial charge on any atom is -0.481 e. The van der Waals surface area contributed by atoms with Gasteiger partial charge in [0.1, 0.15) is 0 Å². The Morgan fingerprint density at radius 3 is 2.82 bits per heavy atom. The highest BCUT2D eigenvalue weighted by molar-refractivity contribution is 6.17. The summed E-state index contributed by atoms with van der Waals surface area (Å²) in [4.78, 5) is 4.37. The van der Waals surface area contributed by atoms with Crippen LogP contribution in [0.25, 0.3) is 0 Å². The first-order chi connectivity index (χ1) is 8.13. The number of aromatic nitrogens is 1. The second-order valence-corrected chi connectivity index (χ2v) is 4.76. The summed E-state index contributed by atoms with van der Waals surface area (Å²) in [5.41, 5.74) is 1.06. The molecule has 0 aliphatic rings. The molecule has 0 saturated carbocycles. The van der Waals surface area contributed by atoms with E-state index >= 15 is 0 Å². The maximum atomic E-state index is 5.82.